The number of primary amides is 2. The fraction of sp³-hybridized carbons (Fsp3) is 0.608. The molecule has 55 nitrogen and oxygen atoms in total. The highest BCUT2D eigenvalue weighted by Gasteiger charge is 2.46. The van der Waals surface area contributed by atoms with Crippen LogP contribution >= 0.6 is 0 Å². The number of amides is 14. The fourth-order valence-electron chi connectivity index (χ4n) is 11.5. The first kappa shape index (κ1) is 114. The number of nitrogens with one attached hydrogen (secondary N) is 21. The van der Waals surface area contributed by atoms with E-state index in [1.54, 1.807) is 13.8 Å². The average molecular weight is 1830 g/mol. The van der Waals surface area contributed by atoms with Gasteiger partial charge in [0, 0.05) is 32.4 Å². The summed E-state index contributed by atoms with van der Waals surface area (Å²) in [5.74, 6) is -26.2. The van der Waals surface area contributed by atoms with Crippen molar-refractivity contribution in [1.29, 1.82) is 5.41 Å². The van der Waals surface area contributed by atoms with E-state index in [1.165, 1.54) is 26.8 Å². The number of ketones is 2. The van der Waals surface area contributed by atoms with Gasteiger partial charge < -0.3 is 146 Å². The third kappa shape index (κ3) is 43.3. The third-order valence-electron chi connectivity index (χ3n) is 18.3. The Morgan fingerprint density at radius 3 is 1.40 bits per heavy atom. The highest BCUT2D eigenvalue weighted by Crippen LogP contribution is 2.15. The van der Waals surface area contributed by atoms with Crippen LogP contribution in [0.25, 0.3) is 0 Å². The van der Waals surface area contributed by atoms with E-state index in [0.29, 0.717) is 4.90 Å². The average Bonchev–Trinajstić information content (AvgIpc) is 1.30. The molecule has 20 atom stereocenters. The van der Waals surface area contributed by atoms with Crippen molar-refractivity contribution in [3.05, 3.63) is 12.2 Å². The van der Waals surface area contributed by atoms with Gasteiger partial charge in [-0.25, -0.2) is 0 Å². The van der Waals surface area contributed by atoms with E-state index >= 15 is 19.2 Å². The Labute approximate surface area is 738 Å². The number of guanidine groups is 1. The normalized spacial score (nSPS) is 17.7. The number of rotatable bonds is 64. The standard InChI is InChI=1S/C74H119N27O28/c1-34(2)23-43(31-107)91-62(72(128)97-57(83-36(5)27-103)67(123)85-37(6)63(119)84-38(7)64(120)95-56(81-20-22-102)66(122)98-59(92-45(33-109)25-51(116)117)68(124)87-39(8)86-44(32-108)24-50(114)115)100-71(127)61(90-42(30-106)16-18-48(77)112)99-70(126)60(88-40(28-104)13-12-19-82-74(79)80)96-65(121)54(46(110)26-75)101-21-11-9-10-14-49(113)93-58(89-41(29-105)15-17-47(76)111)69(125)94-53(73(101)129)55(118)52(78)35(3)4/h9,11,22,27-45,52-54,56-62,81,83,86,88-92H,10,12-21,23-26,75,78H2,1-8H3,(H2,76,111)(H2,77,112)(H,84,119)(H,85,123)(H,87,124)(H,93,113)(H,94,125)(H,95,120)(H,96,121)(H,97,128)(H,98,122)(H,99,126)(H,100,127)(H,114,115)(H,116,117)(H4,79,80,82)/t36-,37-,38-,39+,40+,41+,42+,43+,44+,45+,52-,53-,54-,56+,57+,58+,59+,60+,61+,62+/m0/s1. The van der Waals surface area contributed by atoms with Crippen molar-refractivity contribution >= 4 is 162 Å². The number of carboxylic acid groups (broad SMARTS) is 2. The maximum absolute atomic E-state index is 15.3. The second-order valence-electron chi connectivity index (χ2n) is 30.0. The first-order valence-electron chi connectivity index (χ1n) is 40.2. The number of hydrogen-bond donors (Lipinski definition) is 28. The molecule has 1 heterocycles. The van der Waals surface area contributed by atoms with Crippen molar-refractivity contribution in [2.45, 2.75) is 248 Å². The summed E-state index contributed by atoms with van der Waals surface area (Å²) in [4.78, 5) is 347. The Kier molecular flexibility index (Phi) is 52.7. The Hall–Kier alpha value is -13.2. The number of carbonyl (C=O) groups excluding carboxylic acids is 24. The van der Waals surface area contributed by atoms with Crippen LogP contribution in [0.15, 0.2) is 12.2 Å². The van der Waals surface area contributed by atoms with Crippen LogP contribution in [0, 0.1) is 17.2 Å². The molecule has 0 unspecified atom stereocenters. The molecule has 0 fully saturated rings. The molecule has 129 heavy (non-hydrogen) atoms. The molecule has 33 N–H and O–H groups in total. The Morgan fingerprint density at radius 1 is 0.512 bits per heavy atom. The van der Waals surface area contributed by atoms with Gasteiger partial charge in [-0.05, 0) is 78.1 Å². The van der Waals surface area contributed by atoms with E-state index in [0.717, 1.165) is 26.8 Å². The highest BCUT2D eigenvalue weighted by atomic mass is 16.4. The van der Waals surface area contributed by atoms with Gasteiger partial charge in [0.15, 0.2) is 72.8 Å². The first-order valence-corrected chi connectivity index (χ1v) is 40.2. The van der Waals surface area contributed by atoms with Crippen LogP contribution in [0.3, 0.4) is 0 Å². The van der Waals surface area contributed by atoms with Gasteiger partial charge in [-0.15, -0.1) is 0 Å². The maximum atomic E-state index is 15.3. The molecule has 1 aliphatic rings. The van der Waals surface area contributed by atoms with E-state index in [-0.39, 0.29) is 88.9 Å². The molecule has 0 bridgehead atoms. The van der Waals surface area contributed by atoms with Gasteiger partial charge in [0.25, 0.3) is 53.2 Å². The molecule has 0 aromatic carbocycles. The maximum Gasteiger partial charge on any atom is 0.305 e. The molecular weight excluding hydrogens is 1710 g/mol. The summed E-state index contributed by atoms with van der Waals surface area (Å²) in [7, 11) is 0. The molecule has 0 aromatic heterocycles. The molecule has 14 amide bonds. The zero-order chi connectivity index (χ0) is 98.1. The van der Waals surface area contributed by atoms with Crippen LogP contribution in [0.2, 0.25) is 0 Å². The molecule has 1 rings (SSSR count). The number of carbonyl (C=O) groups is 26. The zero-order valence-electron chi connectivity index (χ0n) is 71.9. The summed E-state index contributed by atoms with van der Waals surface area (Å²) in [5, 5.41) is 72.2. The molecule has 0 saturated carbocycles. The molecule has 0 saturated heterocycles. The van der Waals surface area contributed by atoms with Crippen molar-refractivity contribution in [1.82, 2.24) is 111 Å². The number of aliphatic carboxylic acids is 2. The number of aldehydes is 8. The molecule has 718 valence electrons. The van der Waals surface area contributed by atoms with Crippen LogP contribution in [-0.4, -0.2) is 326 Å². The van der Waals surface area contributed by atoms with E-state index in [4.69, 9.17) is 39.2 Å². The summed E-state index contributed by atoms with van der Waals surface area (Å²) >= 11 is 0. The van der Waals surface area contributed by atoms with E-state index in [9.17, 15) is 111 Å². The van der Waals surface area contributed by atoms with E-state index in [2.05, 4.69) is 106 Å². The second-order valence-corrected chi connectivity index (χ2v) is 30.0. The Balaban J connectivity index is 4.23. The lowest BCUT2D eigenvalue weighted by Crippen LogP contribution is -2.70. The Morgan fingerprint density at radius 2 is 0.938 bits per heavy atom. The number of carboxylic acids is 2. The summed E-state index contributed by atoms with van der Waals surface area (Å²) in [6, 6.07) is -20.9. The van der Waals surface area contributed by atoms with Crippen molar-refractivity contribution in [2.75, 3.05) is 26.2 Å². The lowest BCUT2D eigenvalue weighted by atomic mass is 9.94. The monoisotopic (exact) mass is 1830 g/mol. The lowest BCUT2D eigenvalue weighted by Gasteiger charge is -2.34. The minimum Gasteiger partial charge on any atom is -0.481 e. The number of nitrogens with zero attached hydrogens (tertiary/aromatic N) is 1. The topological polar surface area (TPSA) is 882 Å². The van der Waals surface area contributed by atoms with Gasteiger partial charge >= 0.3 is 11.9 Å². The fourth-order valence-corrected chi connectivity index (χ4v) is 11.5. The predicted molar refractivity (Wildman–Crippen MR) is 445 cm³/mol. The van der Waals surface area contributed by atoms with Crippen molar-refractivity contribution in [2.24, 2.45) is 40.5 Å². The van der Waals surface area contributed by atoms with E-state index < -0.39 is 304 Å². The van der Waals surface area contributed by atoms with Crippen LogP contribution in [0.1, 0.15) is 126 Å². The Bertz CT molecular complexity index is 4010. The molecular formula is C74H119N27O28. The predicted octanol–water partition coefficient (Wildman–Crippen LogP) is -15.6. The van der Waals surface area contributed by atoms with Crippen LogP contribution in [-0.2, 0) is 125 Å². The molecule has 1 aliphatic heterocycles. The minimum absolute atomic E-state index is 0.0569. The summed E-state index contributed by atoms with van der Waals surface area (Å²) in [6.45, 7) is 7.68. The number of allylic oxidation sites excluding steroid dienone is 1. The molecule has 0 radical (unpaired) electrons. The van der Waals surface area contributed by atoms with Gasteiger partial charge in [0.05, 0.1) is 80.4 Å². The van der Waals surface area contributed by atoms with Crippen LogP contribution < -0.4 is 135 Å². The molecule has 0 aromatic rings. The van der Waals surface area contributed by atoms with Crippen molar-refractivity contribution in [3.63, 3.8) is 0 Å². The summed E-state index contributed by atoms with van der Waals surface area (Å²) in [6.07, 6.45) is -17.8. The van der Waals surface area contributed by atoms with Crippen LogP contribution in [0.5, 0.6) is 0 Å². The zero-order valence-corrected chi connectivity index (χ0v) is 71.9. The molecule has 0 aliphatic carbocycles. The van der Waals surface area contributed by atoms with Gasteiger partial charge in [-0.1, -0.05) is 39.8 Å². The second kappa shape index (κ2) is 59.7. The van der Waals surface area contributed by atoms with Crippen molar-refractivity contribution < 1.29 is 135 Å². The molecule has 0 spiro atoms. The van der Waals surface area contributed by atoms with Gasteiger partial charge in [0.1, 0.15) is 62.4 Å². The largest absolute Gasteiger partial charge is 0.481 e. The third-order valence-corrected chi connectivity index (χ3v) is 18.3. The quantitative estimate of drug-likeness (QED) is 0.00511. The van der Waals surface area contributed by atoms with Crippen LogP contribution in [0.4, 0.5) is 0 Å². The highest BCUT2D eigenvalue weighted by molar-refractivity contribution is 6.15. The number of Topliss-reactive ketones (excluding diaryl/α,β-unsaturated/α-hetero) is 2. The SMILES string of the molecule is CC(C)C[C@H](C=O)N[C@H](NC(=O)[C@@H](NC(=O)[C@@H](NC(=O)[C@H](C(=O)CN)N1CC=CCCC(=O)N[C@@H](N[C@@H](C=O)CCC(N)=O)C(=O)N[C@@H](C(=O)[C@@H](N)C(C)C)C1=O)N[C@@H](C=O)CCCNC(=N)N)N[C@@H](C=O)CCC(N)=O)C(=O)N[C@@H](N[C@@H](C)C=O)C(=O)N[C@@H](C)C(=O)N[C@@H](C)C(=O)N[C@@H](NCC=O)C(=O)N[C@@H](N[C@@H](C=O)CC(=O)O)C(=O)N[C@H](C)N[C@@H](C=O)CC(=O)O. The number of nitrogens with two attached hydrogens (primary N) is 5. The van der Waals surface area contributed by atoms with Gasteiger partial charge in [-0.3, -0.25) is 134 Å². The molecule has 55 heteroatoms. The first-order chi connectivity index (χ1) is 60.7. The van der Waals surface area contributed by atoms with Crippen molar-refractivity contribution in [3.8, 4) is 0 Å². The summed E-state index contributed by atoms with van der Waals surface area (Å²) in [5.41, 5.74) is 28.3. The van der Waals surface area contributed by atoms with E-state index in [1.807, 2.05) is 0 Å². The minimum atomic E-state index is -2.61. The van der Waals surface area contributed by atoms with Gasteiger partial charge in [0.2, 0.25) is 29.5 Å². The van der Waals surface area contributed by atoms with Gasteiger partial charge in [-0.2, -0.15) is 0 Å². The number of hydrogen-bond acceptors (Lipinski definition) is 37. The smallest absolute Gasteiger partial charge is 0.305 e. The lowest BCUT2D eigenvalue weighted by molar-refractivity contribution is -0.151. The summed E-state index contributed by atoms with van der Waals surface area (Å²) < 4.78 is 0.